The van der Waals surface area contributed by atoms with Gasteiger partial charge >= 0.3 is 0 Å². The molecule has 1 aromatic heterocycles. The number of piperidine rings is 1. The van der Waals surface area contributed by atoms with E-state index in [2.05, 4.69) is 15.9 Å². The molecular weight excluding hydrogens is 292 g/mol. The smallest absolute Gasteiger partial charge is 0.263 e. The Morgan fingerprint density at radius 2 is 2.09 bits per heavy atom. The third-order valence-electron chi connectivity index (χ3n) is 6.36. The first-order valence-electron chi connectivity index (χ1n) is 8.94. The molecule has 4 aliphatic rings. The molecule has 0 bridgehead atoms. The number of carbonyl (C=O) groups is 1. The highest BCUT2D eigenvalue weighted by atomic mass is 32.1. The highest BCUT2D eigenvalue weighted by molar-refractivity contribution is 7.14. The average Bonchev–Trinajstić information content (AvgIpc) is 3.24. The van der Waals surface area contributed by atoms with Crippen molar-refractivity contribution in [3.8, 4) is 0 Å². The second-order valence-corrected chi connectivity index (χ2v) is 8.74. The quantitative estimate of drug-likeness (QED) is 0.795. The van der Waals surface area contributed by atoms with Gasteiger partial charge in [-0.05, 0) is 62.1 Å². The Morgan fingerprint density at radius 1 is 1.14 bits per heavy atom. The first-order valence-corrected chi connectivity index (χ1v) is 9.76. The number of nitrogens with zero attached hydrogens (tertiary/aromatic N) is 2. The zero-order chi connectivity index (χ0) is 14.7. The average molecular weight is 316 g/mol. The fourth-order valence-corrected chi connectivity index (χ4v) is 6.53. The number of carbonyl (C=O) groups excluding carboxylic acids is 1. The van der Waals surface area contributed by atoms with E-state index in [0.717, 1.165) is 35.8 Å². The van der Waals surface area contributed by atoms with Gasteiger partial charge in [0, 0.05) is 30.6 Å². The van der Waals surface area contributed by atoms with Gasteiger partial charge in [-0.15, -0.1) is 11.3 Å². The second kappa shape index (κ2) is 5.07. The molecule has 0 saturated carbocycles. The number of hydrogen-bond donors (Lipinski definition) is 0. The van der Waals surface area contributed by atoms with Gasteiger partial charge in [-0.1, -0.05) is 6.42 Å². The van der Waals surface area contributed by atoms with Gasteiger partial charge in [-0.3, -0.25) is 9.69 Å². The summed E-state index contributed by atoms with van der Waals surface area (Å²) in [6, 6.07) is 2.96. The Hall–Kier alpha value is -0.870. The van der Waals surface area contributed by atoms with Crippen LogP contribution >= 0.6 is 11.3 Å². The van der Waals surface area contributed by atoms with Crippen LogP contribution in [0.5, 0.6) is 0 Å². The Labute approximate surface area is 136 Å². The molecule has 3 fully saturated rings. The summed E-state index contributed by atoms with van der Waals surface area (Å²) in [5.74, 6) is 1.80. The zero-order valence-electron chi connectivity index (χ0n) is 13.1. The Bertz CT molecular complexity index is 589. The summed E-state index contributed by atoms with van der Waals surface area (Å²) in [6.45, 7) is 4.54. The third-order valence-corrected chi connectivity index (χ3v) is 7.59. The van der Waals surface area contributed by atoms with Gasteiger partial charge in [0.25, 0.3) is 5.91 Å². The first kappa shape index (κ1) is 13.6. The molecule has 4 heteroatoms. The van der Waals surface area contributed by atoms with Crippen LogP contribution in [0, 0.1) is 11.8 Å². The van der Waals surface area contributed by atoms with Crippen molar-refractivity contribution in [2.75, 3.05) is 26.2 Å². The van der Waals surface area contributed by atoms with Gasteiger partial charge in [-0.2, -0.15) is 0 Å². The summed E-state index contributed by atoms with van der Waals surface area (Å²) in [5, 5.41) is 0. The maximum Gasteiger partial charge on any atom is 0.263 e. The predicted octanol–water partition coefficient (Wildman–Crippen LogP) is 2.79. The number of rotatable bonds is 1. The summed E-state index contributed by atoms with van der Waals surface area (Å²) in [4.78, 5) is 20.2. The van der Waals surface area contributed by atoms with Crippen LogP contribution in [0.1, 0.15) is 45.8 Å². The molecule has 0 aromatic carbocycles. The predicted molar refractivity (Wildman–Crippen MR) is 88.4 cm³/mol. The lowest BCUT2D eigenvalue weighted by molar-refractivity contribution is 0.0758. The van der Waals surface area contributed by atoms with Gasteiger partial charge in [0.15, 0.2) is 0 Å². The van der Waals surface area contributed by atoms with E-state index in [4.69, 9.17) is 0 Å². The molecule has 3 nitrogen and oxygen atoms in total. The van der Waals surface area contributed by atoms with E-state index in [1.807, 2.05) is 0 Å². The summed E-state index contributed by atoms with van der Waals surface area (Å²) in [5.41, 5.74) is 1.45. The van der Waals surface area contributed by atoms with Crippen molar-refractivity contribution in [3.05, 3.63) is 21.4 Å². The van der Waals surface area contributed by atoms with Crippen LogP contribution in [0.25, 0.3) is 0 Å². The van der Waals surface area contributed by atoms with E-state index in [1.165, 1.54) is 62.1 Å². The lowest BCUT2D eigenvalue weighted by Crippen LogP contribution is -2.40. The molecule has 3 aliphatic heterocycles. The largest absolute Gasteiger partial charge is 0.337 e. The summed E-state index contributed by atoms with van der Waals surface area (Å²) < 4.78 is 0. The van der Waals surface area contributed by atoms with Crippen LogP contribution in [0.15, 0.2) is 6.07 Å². The van der Waals surface area contributed by atoms with Crippen molar-refractivity contribution in [1.29, 1.82) is 0 Å². The molecule has 22 heavy (non-hydrogen) atoms. The topological polar surface area (TPSA) is 23.6 Å². The van der Waals surface area contributed by atoms with Crippen molar-refractivity contribution in [2.45, 2.75) is 44.6 Å². The van der Waals surface area contributed by atoms with E-state index in [-0.39, 0.29) is 0 Å². The van der Waals surface area contributed by atoms with Crippen molar-refractivity contribution in [3.63, 3.8) is 0 Å². The van der Waals surface area contributed by atoms with Crippen LogP contribution in [0.3, 0.4) is 0 Å². The molecule has 5 rings (SSSR count). The Kier molecular flexibility index (Phi) is 3.12. The number of thiophene rings is 1. The van der Waals surface area contributed by atoms with Gasteiger partial charge < -0.3 is 4.90 Å². The monoisotopic (exact) mass is 316 g/mol. The molecule has 4 heterocycles. The SMILES string of the molecule is O=C(c1cc2c(s1)CCC2)N1C[C@@H]2CN3CCCC[C@H]3[C@H]2C1. The van der Waals surface area contributed by atoms with Crippen molar-refractivity contribution < 1.29 is 4.79 Å². The Balaban J connectivity index is 1.32. The van der Waals surface area contributed by atoms with Crippen molar-refractivity contribution >= 4 is 17.2 Å². The lowest BCUT2D eigenvalue weighted by Gasteiger charge is -2.33. The number of fused-ring (bicyclic) bond motifs is 4. The molecule has 0 spiro atoms. The number of hydrogen-bond acceptors (Lipinski definition) is 3. The van der Waals surface area contributed by atoms with Crippen molar-refractivity contribution in [2.24, 2.45) is 11.8 Å². The maximum atomic E-state index is 12.9. The van der Waals surface area contributed by atoms with Gasteiger partial charge in [0.1, 0.15) is 0 Å². The number of likely N-dealkylation sites (tertiary alicyclic amines) is 1. The normalized spacial score (nSPS) is 33.8. The summed E-state index contributed by atoms with van der Waals surface area (Å²) >= 11 is 1.77. The summed E-state index contributed by atoms with van der Waals surface area (Å²) in [6.07, 6.45) is 7.77. The standard InChI is InChI=1S/C18H24N2OS/c21-18(17-8-12-4-3-6-16(12)22-17)20-10-13-9-19-7-2-1-5-15(19)14(13)11-20/h8,13-15H,1-7,9-11H2/t13-,14-,15-/m0/s1. The molecule has 1 amide bonds. The van der Waals surface area contributed by atoms with Crippen LogP contribution in [0.2, 0.25) is 0 Å². The number of amides is 1. The van der Waals surface area contributed by atoms with Crippen LogP contribution in [0.4, 0.5) is 0 Å². The van der Waals surface area contributed by atoms with E-state index >= 15 is 0 Å². The fourth-order valence-electron chi connectivity index (χ4n) is 5.31. The highest BCUT2D eigenvalue weighted by Gasteiger charge is 2.48. The first-order chi connectivity index (χ1) is 10.8. The molecule has 1 aromatic rings. The van der Waals surface area contributed by atoms with E-state index < -0.39 is 0 Å². The highest BCUT2D eigenvalue weighted by Crippen LogP contribution is 2.41. The van der Waals surface area contributed by atoms with Gasteiger partial charge in [0.05, 0.1) is 4.88 Å². The van der Waals surface area contributed by atoms with Crippen LogP contribution in [-0.4, -0.2) is 47.9 Å². The third kappa shape index (κ3) is 2.00. The minimum atomic E-state index is 0.316. The minimum absolute atomic E-state index is 0.316. The molecule has 1 aliphatic carbocycles. The van der Waals surface area contributed by atoms with Gasteiger partial charge in [-0.25, -0.2) is 0 Å². The van der Waals surface area contributed by atoms with Crippen LogP contribution in [-0.2, 0) is 12.8 Å². The molecule has 0 N–H and O–H groups in total. The summed E-state index contributed by atoms with van der Waals surface area (Å²) in [7, 11) is 0. The van der Waals surface area contributed by atoms with Crippen LogP contribution < -0.4 is 0 Å². The van der Waals surface area contributed by atoms with Gasteiger partial charge in [0.2, 0.25) is 0 Å². The molecule has 3 saturated heterocycles. The Morgan fingerprint density at radius 3 is 3.00 bits per heavy atom. The van der Waals surface area contributed by atoms with Crippen molar-refractivity contribution in [1.82, 2.24) is 9.80 Å². The van der Waals surface area contributed by atoms with E-state index in [1.54, 1.807) is 11.3 Å². The molecule has 118 valence electrons. The number of aryl methyl sites for hydroxylation is 2. The molecule has 3 atom stereocenters. The molecule has 0 unspecified atom stereocenters. The lowest BCUT2D eigenvalue weighted by atomic mass is 9.90. The second-order valence-electron chi connectivity index (χ2n) is 7.60. The minimum Gasteiger partial charge on any atom is -0.337 e. The molecular formula is C18H24N2OS. The fraction of sp³-hybridized carbons (Fsp3) is 0.722. The van der Waals surface area contributed by atoms with E-state index in [0.29, 0.717) is 5.91 Å². The van der Waals surface area contributed by atoms with E-state index in [9.17, 15) is 4.79 Å². The molecule has 0 radical (unpaired) electrons. The zero-order valence-corrected chi connectivity index (χ0v) is 13.9. The maximum absolute atomic E-state index is 12.9.